The Morgan fingerprint density at radius 3 is 2.21 bits per heavy atom. The van der Waals surface area contributed by atoms with Gasteiger partial charge in [0, 0.05) is 21.6 Å². The topological polar surface area (TPSA) is 38.5 Å². The summed E-state index contributed by atoms with van der Waals surface area (Å²) in [4.78, 5) is 27.3. The van der Waals surface area contributed by atoms with Gasteiger partial charge in [-0.15, -0.1) is 0 Å². The van der Waals surface area contributed by atoms with Gasteiger partial charge in [-0.1, -0.05) is 62.4 Å². The van der Waals surface area contributed by atoms with Gasteiger partial charge in [-0.3, -0.25) is 9.59 Å². The van der Waals surface area contributed by atoms with Crippen LogP contribution in [-0.4, -0.2) is 4.40 Å². The van der Waals surface area contributed by atoms with Crippen LogP contribution >= 0.6 is 0 Å². The third-order valence-corrected chi connectivity index (χ3v) is 7.63. The number of pyridine rings is 2. The van der Waals surface area contributed by atoms with Crippen LogP contribution in [0.4, 0.5) is 0 Å². The molecule has 3 heteroatoms. The molecule has 1 aliphatic carbocycles. The molecule has 0 bridgehead atoms. The lowest BCUT2D eigenvalue weighted by Gasteiger charge is -2.36. The fourth-order valence-corrected chi connectivity index (χ4v) is 6.13. The van der Waals surface area contributed by atoms with E-state index in [4.69, 9.17) is 0 Å². The lowest BCUT2D eigenvalue weighted by molar-refractivity contribution is 0.612. The largest absolute Gasteiger partial charge is 0.307 e. The second-order valence-corrected chi connectivity index (χ2v) is 9.66. The van der Waals surface area contributed by atoms with Crippen molar-refractivity contribution in [2.24, 2.45) is 0 Å². The highest BCUT2D eigenvalue weighted by atomic mass is 16.1. The summed E-state index contributed by atoms with van der Waals surface area (Å²) in [5.41, 5.74) is 7.11. The highest BCUT2D eigenvalue weighted by Crippen LogP contribution is 2.43. The van der Waals surface area contributed by atoms with Gasteiger partial charge in [0.1, 0.15) is 0 Å². The molecule has 0 N–H and O–H groups in total. The SMILES string of the molecule is CC1(C)c2ccccc2Cc2c1ccc1c2c(=O)c2cccc3c(=O)c4ccccc4n1c32. The molecule has 0 spiro atoms. The first-order valence-corrected chi connectivity index (χ1v) is 11.3. The lowest BCUT2D eigenvalue weighted by atomic mass is 9.68. The van der Waals surface area contributed by atoms with Crippen molar-refractivity contribution in [3.8, 4) is 0 Å². The van der Waals surface area contributed by atoms with Gasteiger partial charge in [0.2, 0.25) is 0 Å². The van der Waals surface area contributed by atoms with E-state index in [1.54, 1.807) is 0 Å². The fourth-order valence-electron chi connectivity index (χ4n) is 6.13. The minimum atomic E-state index is -0.197. The van der Waals surface area contributed by atoms with E-state index in [1.165, 1.54) is 16.7 Å². The summed E-state index contributed by atoms with van der Waals surface area (Å²) in [6.07, 6.45) is 0.729. The number of aromatic nitrogens is 1. The molecule has 0 amide bonds. The summed E-state index contributed by atoms with van der Waals surface area (Å²) in [5, 5.41) is 2.64. The molecule has 158 valence electrons. The van der Waals surface area contributed by atoms with Gasteiger partial charge in [-0.25, -0.2) is 0 Å². The van der Waals surface area contributed by atoms with E-state index < -0.39 is 0 Å². The van der Waals surface area contributed by atoms with Crippen molar-refractivity contribution in [2.75, 3.05) is 0 Å². The van der Waals surface area contributed by atoms with Crippen LogP contribution in [0.2, 0.25) is 0 Å². The monoisotopic (exact) mass is 427 g/mol. The molecule has 6 aromatic rings. The Morgan fingerprint density at radius 1 is 0.667 bits per heavy atom. The van der Waals surface area contributed by atoms with E-state index in [0.717, 1.165) is 28.4 Å². The van der Waals surface area contributed by atoms with Crippen molar-refractivity contribution in [1.82, 2.24) is 4.40 Å². The maximum Gasteiger partial charge on any atom is 0.197 e. The second kappa shape index (κ2) is 6.08. The van der Waals surface area contributed by atoms with E-state index in [1.807, 2.05) is 42.5 Å². The Morgan fingerprint density at radius 2 is 1.36 bits per heavy atom. The Hall–Kier alpha value is -3.98. The third kappa shape index (κ3) is 2.19. The zero-order chi connectivity index (χ0) is 22.5. The van der Waals surface area contributed by atoms with Gasteiger partial charge in [0.25, 0.3) is 0 Å². The van der Waals surface area contributed by atoms with Crippen LogP contribution in [0.5, 0.6) is 0 Å². The van der Waals surface area contributed by atoms with Crippen LogP contribution in [0.1, 0.15) is 36.1 Å². The number of hydrogen-bond acceptors (Lipinski definition) is 2. The zero-order valence-electron chi connectivity index (χ0n) is 18.5. The van der Waals surface area contributed by atoms with Crippen LogP contribution in [0.25, 0.3) is 38.1 Å². The molecule has 4 aromatic carbocycles. The van der Waals surface area contributed by atoms with Gasteiger partial charge >= 0.3 is 0 Å². The van der Waals surface area contributed by atoms with Crippen molar-refractivity contribution in [2.45, 2.75) is 25.7 Å². The van der Waals surface area contributed by atoms with Crippen molar-refractivity contribution < 1.29 is 0 Å². The Kier molecular flexibility index (Phi) is 3.42. The second-order valence-electron chi connectivity index (χ2n) is 9.66. The minimum Gasteiger partial charge on any atom is -0.307 e. The van der Waals surface area contributed by atoms with Crippen LogP contribution in [-0.2, 0) is 11.8 Å². The van der Waals surface area contributed by atoms with Crippen molar-refractivity contribution in [3.05, 3.63) is 122 Å². The normalized spacial score (nSPS) is 14.7. The molecular formula is C30H21NO2. The number of hydrogen-bond donors (Lipinski definition) is 0. The fraction of sp³-hybridized carbons (Fsp3) is 0.133. The summed E-state index contributed by atoms with van der Waals surface area (Å²) < 4.78 is 2.13. The number of para-hydroxylation sites is 2. The first-order valence-electron chi connectivity index (χ1n) is 11.3. The average Bonchev–Trinajstić information content (AvgIpc) is 2.83. The predicted molar refractivity (Wildman–Crippen MR) is 135 cm³/mol. The standard InChI is InChI=1S/C30H21NO2/c1-30(2)22-12-5-3-8-17(22)16-21-23(30)14-15-25-26(21)29(33)20-11-7-10-19-27(20)31(25)24-13-6-4-9-18(24)28(19)32/h3-15H,16H2,1-2H3. The first-order chi connectivity index (χ1) is 16.0. The van der Waals surface area contributed by atoms with Crippen molar-refractivity contribution >= 4 is 38.1 Å². The average molecular weight is 428 g/mol. The van der Waals surface area contributed by atoms with Gasteiger partial charge in [0.05, 0.1) is 21.9 Å². The van der Waals surface area contributed by atoms with Crippen molar-refractivity contribution in [1.29, 1.82) is 0 Å². The molecule has 0 saturated carbocycles. The van der Waals surface area contributed by atoms with Crippen LogP contribution in [0, 0.1) is 0 Å². The molecule has 3 nitrogen and oxygen atoms in total. The predicted octanol–water partition coefficient (Wildman–Crippen LogP) is 5.79. The summed E-state index contributed by atoms with van der Waals surface area (Å²) in [6.45, 7) is 4.48. The highest BCUT2D eigenvalue weighted by Gasteiger charge is 2.34. The molecule has 0 radical (unpaired) electrons. The highest BCUT2D eigenvalue weighted by molar-refractivity contribution is 6.08. The summed E-state index contributed by atoms with van der Waals surface area (Å²) in [5.74, 6) is 0. The van der Waals surface area contributed by atoms with E-state index in [0.29, 0.717) is 21.7 Å². The molecule has 1 aliphatic rings. The van der Waals surface area contributed by atoms with Gasteiger partial charge in [-0.05, 0) is 59.0 Å². The Balaban J connectivity index is 1.77. The molecule has 0 saturated heterocycles. The Labute approximate surface area is 189 Å². The molecule has 2 aromatic heterocycles. The molecule has 0 aliphatic heterocycles. The van der Waals surface area contributed by atoms with Crippen molar-refractivity contribution in [3.63, 3.8) is 0 Å². The van der Waals surface area contributed by atoms with Crippen LogP contribution < -0.4 is 10.9 Å². The summed E-state index contributed by atoms with van der Waals surface area (Å²) in [7, 11) is 0. The maximum atomic E-state index is 14.0. The zero-order valence-corrected chi connectivity index (χ0v) is 18.5. The molecule has 0 unspecified atom stereocenters. The molecule has 0 fully saturated rings. The minimum absolute atomic E-state index is 0.0114. The number of benzene rings is 4. The van der Waals surface area contributed by atoms with Gasteiger partial charge < -0.3 is 4.40 Å². The molecule has 7 rings (SSSR count). The quantitative estimate of drug-likeness (QED) is 0.227. The number of nitrogens with zero attached hydrogens (tertiary/aromatic N) is 1. The molecule has 0 atom stereocenters. The van der Waals surface area contributed by atoms with Crippen LogP contribution in [0.3, 0.4) is 0 Å². The van der Waals surface area contributed by atoms with E-state index in [9.17, 15) is 9.59 Å². The number of rotatable bonds is 0. The van der Waals surface area contributed by atoms with Gasteiger partial charge in [0.15, 0.2) is 10.9 Å². The number of fused-ring (bicyclic) bond motifs is 7. The van der Waals surface area contributed by atoms with E-state index in [2.05, 4.69) is 54.6 Å². The lowest BCUT2D eigenvalue weighted by Crippen LogP contribution is -2.28. The summed E-state index contributed by atoms with van der Waals surface area (Å²) in [6, 6.07) is 26.0. The van der Waals surface area contributed by atoms with Gasteiger partial charge in [-0.2, -0.15) is 0 Å². The maximum absolute atomic E-state index is 14.0. The smallest absolute Gasteiger partial charge is 0.197 e. The van der Waals surface area contributed by atoms with E-state index >= 15 is 0 Å². The molecule has 33 heavy (non-hydrogen) atoms. The van der Waals surface area contributed by atoms with Crippen LogP contribution in [0.15, 0.2) is 88.5 Å². The third-order valence-electron chi connectivity index (χ3n) is 7.63. The summed E-state index contributed by atoms with van der Waals surface area (Å²) >= 11 is 0. The molecular weight excluding hydrogens is 406 g/mol. The first kappa shape index (κ1) is 18.6. The molecule has 2 heterocycles. The van der Waals surface area contributed by atoms with E-state index in [-0.39, 0.29) is 16.3 Å². The Bertz CT molecular complexity index is 1910.